The summed E-state index contributed by atoms with van der Waals surface area (Å²) < 4.78 is -1.24. The van der Waals surface area contributed by atoms with E-state index in [0.717, 1.165) is 0 Å². The topological polar surface area (TPSA) is 0 Å². The van der Waals surface area contributed by atoms with Gasteiger partial charge >= 0.3 is 105 Å². The van der Waals surface area contributed by atoms with Crippen LogP contribution in [0.3, 0.4) is 0 Å². The van der Waals surface area contributed by atoms with E-state index < -0.39 is 5.33 Å². The second-order valence-electron chi connectivity index (χ2n) is 5.39. The zero-order chi connectivity index (χ0) is 10.5. The number of hydrogen-bond acceptors (Lipinski definition) is 0. The van der Waals surface area contributed by atoms with Crippen molar-refractivity contribution in [2.24, 2.45) is 0 Å². The van der Waals surface area contributed by atoms with E-state index in [-0.39, 0.29) is 34.5 Å². The molecule has 78 valence electrons. The predicted molar refractivity (Wildman–Crippen MR) is 65.2 cm³/mol. The summed E-state index contributed by atoms with van der Waals surface area (Å²) in [5.41, 5.74) is 0. The molecule has 13 heavy (non-hydrogen) atoms. The Morgan fingerprint density at radius 3 is 1.31 bits per heavy atom. The second kappa shape index (κ2) is 6.38. The molecule has 0 unspecified atom stereocenters. The van der Waals surface area contributed by atoms with E-state index in [0.29, 0.717) is 0 Å². The van der Waals surface area contributed by atoms with Crippen LogP contribution in [0.4, 0.5) is 0 Å². The van der Waals surface area contributed by atoms with Gasteiger partial charge in [-0.1, -0.05) is 0 Å². The Hall–Kier alpha value is 1.78. The van der Waals surface area contributed by atoms with Crippen molar-refractivity contribution in [3.05, 3.63) is 0 Å². The molecule has 3 heteroatoms. The summed E-state index contributed by atoms with van der Waals surface area (Å²) in [6.07, 6.45) is 2.89. The quantitative estimate of drug-likeness (QED) is 0.629. The Kier molecular flexibility index (Phi) is 7.26. The summed E-state index contributed by atoms with van der Waals surface area (Å²) >= 11 is -0.204. The van der Waals surface area contributed by atoms with Crippen LogP contribution in [0.1, 0.15) is 26.7 Å². The Labute approximate surface area is 103 Å². The Morgan fingerprint density at radius 2 is 1.08 bits per heavy atom. The van der Waals surface area contributed by atoms with Gasteiger partial charge in [0, 0.05) is 0 Å². The van der Waals surface area contributed by atoms with Crippen molar-refractivity contribution in [3.8, 4) is 0 Å². The van der Waals surface area contributed by atoms with Crippen LogP contribution in [0.2, 0.25) is 38.3 Å². The minimum absolute atomic E-state index is 0.204. The summed E-state index contributed by atoms with van der Waals surface area (Å²) in [5.74, 6) is 0. The standard InChI is InChI=1S/2C5H13Si.Nd/c2*1-4-5-6(2)3;/h2*4-5H2,1-3H3;. The van der Waals surface area contributed by atoms with Gasteiger partial charge in [-0.2, -0.15) is 0 Å². The summed E-state index contributed by atoms with van der Waals surface area (Å²) in [6, 6.07) is 3.24. The zero-order valence-electron chi connectivity index (χ0n) is 10.3. The van der Waals surface area contributed by atoms with Crippen molar-refractivity contribution in [1.82, 2.24) is 0 Å². The van der Waals surface area contributed by atoms with E-state index in [1.54, 1.807) is 12.1 Å². The van der Waals surface area contributed by atoms with Crippen LogP contribution in [-0.2, 0) is 0 Å². The number of rotatable bonds is 6. The molecule has 0 heterocycles. The summed E-state index contributed by atoms with van der Waals surface area (Å²) in [6.45, 7) is 15.4. The molecule has 0 nitrogen and oxygen atoms in total. The first-order chi connectivity index (χ1) is 5.83. The fourth-order valence-electron chi connectivity index (χ4n) is 2.29. The minimum atomic E-state index is -0.620. The molecule has 0 aromatic carbocycles. The molecule has 0 saturated heterocycles. The SMILES string of the molecule is CCC[Si](C)(C)[Nd][Si](C)(C)CCC. The molecule has 0 radical (unpaired) electrons. The molecule has 0 aromatic heterocycles. The van der Waals surface area contributed by atoms with Crippen LogP contribution in [0.15, 0.2) is 0 Å². The van der Waals surface area contributed by atoms with Gasteiger partial charge in [0.25, 0.3) is 0 Å². The maximum absolute atomic E-state index is 2.67. The van der Waals surface area contributed by atoms with Crippen LogP contribution in [0.25, 0.3) is 0 Å². The van der Waals surface area contributed by atoms with Gasteiger partial charge in [-0.15, -0.1) is 0 Å². The third-order valence-electron chi connectivity index (χ3n) is 2.43. The van der Waals surface area contributed by atoms with Gasteiger partial charge in [-0.25, -0.2) is 0 Å². The molecule has 0 rings (SSSR count). The zero-order valence-corrected chi connectivity index (χ0v) is 15.5. The fraction of sp³-hybridized carbons (Fsp3) is 1.00. The summed E-state index contributed by atoms with van der Waals surface area (Å²) in [7, 11) is 0. The van der Waals surface area contributed by atoms with Crippen molar-refractivity contribution in [1.29, 1.82) is 0 Å². The van der Waals surface area contributed by atoms with E-state index in [9.17, 15) is 0 Å². The van der Waals surface area contributed by atoms with Crippen LogP contribution in [0, 0.1) is 34.5 Å². The summed E-state index contributed by atoms with van der Waals surface area (Å²) in [4.78, 5) is 0. The first kappa shape index (κ1) is 14.8. The third kappa shape index (κ3) is 7.68. The third-order valence-corrected chi connectivity index (χ3v) is 55.2. The second-order valence-corrected chi connectivity index (χ2v) is 48.2. The molecule has 0 amide bonds. The van der Waals surface area contributed by atoms with Gasteiger partial charge in [0.05, 0.1) is 0 Å². The molecule has 0 aliphatic heterocycles. The molecule has 0 aliphatic rings. The monoisotopic (exact) mass is 344 g/mol. The van der Waals surface area contributed by atoms with Crippen molar-refractivity contribution in [2.45, 2.75) is 65.0 Å². The van der Waals surface area contributed by atoms with Crippen LogP contribution in [0.5, 0.6) is 0 Å². The molecular formula is C10H26NdSi2. The molecule has 0 aromatic rings. The Bertz CT molecular complexity index is 128. The molecule has 0 spiro atoms. The van der Waals surface area contributed by atoms with Crippen molar-refractivity contribution in [3.63, 3.8) is 0 Å². The molecule has 0 aliphatic carbocycles. The van der Waals surface area contributed by atoms with Gasteiger partial charge in [-0.05, 0) is 0 Å². The van der Waals surface area contributed by atoms with Crippen molar-refractivity contribution in [2.75, 3.05) is 0 Å². The summed E-state index contributed by atoms with van der Waals surface area (Å²) in [5, 5.41) is 0. The first-order valence-corrected chi connectivity index (χ1v) is 21.7. The van der Waals surface area contributed by atoms with Crippen molar-refractivity contribution >= 4 is 5.33 Å². The molecule has 0 N–H and O–H groups in total. The molecule has 0 atom stereocenters. The fourth-order valence-corrected chi connectivity index (χ4v) is 78.0. The van der Waals surface area contributed by atoms with Crippen LogP contribution < -0.4 is 0 Å². The van der Waals surface area contributed by atoms with Gasteiger partial charge in [0.1, 0.15) is 0 Å². The van der Waals surface area contributed by atoms with Crippen LogP contribution >= 0.6 is 0 Å². The Balaban J connectivity index is 4.07. The van der Waals surface area contributed by atoms with E-state index in [2.05, 4.69) is 40.0 Å². The van der Waals surface area contributed by atoms with E-state index in [4.69, 9.17) is 0 Å². The van der Waals surface area contributed by atoms with E-state index >= 15 is 0 Å². The van der Waals surface area contributed by atoms with Gasteiger partial charge in [0.2, 0.25) is 0 Å². The predicted octanol–water partition coefficient (Wildman–Crippen LogP) is 4.30. The van der Waals surface area contributed by atoms with Crippen molar-refractivity contribution < 1.29 is 34.5 Å². The molecule has 0 saturated carbocycles. The average molecular weight is 347 g/mol. The molecule has 0 fully saturated rings. The molecule has 0 bridgehead atoms. The van der Waals surface area contributed by atoms with Gasteiger partial charge < -0.3 is 0 Å². The maximum atomic E-state index is 2.67. The van der Waals surface area contributed by atoms with Gasteiger partial charge in [0.15, 0.2) is 0 Å². The van der Waals surface area contributed by atoms with E-state index in [1.807, 2.05) is 0 Å². The Morgan fingerprint density at radius 1 is 0.769 bits per heavy atom. The normalized spacial score (nSPS) is 13.1. The first-order valence-electron chi connectivity index (χ1n) is 5.62. The molecular weight excluding hydrogens is 321 g/mol. The average Bonchev–Trinajstić information content (AvgIpc) is 1.82. The van der Waals surface area contributed by atoms with Crippen LogP contribution in [-0.4, -0.2) is 5.33 Å². The number of hydrogen-bond donors (Lipinski definition) is 0. The van der Waals surface area contributed by atoms with E-state index in [1.165, 1.54) is 12.8 Å². The van der Waals surface area contributed by atoms with Gasteiger partial charge in [-0.3, -0.25) is 0 Å².